The molecule has 0 unspecified atom stereocenters. The zero-order valence-electron chi connectivity index (χ0n) is 12.6. The molecule has 0 aromatic carbocycles. The van der Waals surface area contributed by atoms with E-state index in [1.807, 2.05) is 28.8 Å². The molecule has 0 radical (unpaired) electrons. The summed E-state index contributed by atoms with van der Waals surface area (Å²) >= 11 is 0. The first-order valence-electron chi connectivity index (χ1n) is 7.77. The van der Waals surface area contributed by atoms with Crippen molar-refractivity contribution in [2.45, 2.75) is 45.6 Å². The van der Waals surface area contributed by atoms with E-state index >= 15 is 0 Å². The van der Waals surface area contributed by atoms with Crippen LogP contribution < -0.4 is 5.32 Å². The molecule has 1 atom stereocenters. The van der Waals surface area contributed by atoms with Gasteiger partial charge in [0, 0.05) is 12.1 Å². The molecule has 112 valence electrons. The van der Waals surface area contributed by atoms with Gasteiger partial charge in [-0.15, -0.1) is 10.2 Å². The van der Waals surface area contributed by atoms with Crippen LogP contribution in [0.2, 0.25) is 0 Å². The number of carbonyl (C=O) groups is 1. The van der Waals surface area contributed by atoms with E-state index < -0.39 is 0 Å². The molecule has 2 aromatic heterocycles. The molecular weight excluding hydrogens is 264 g/mol. The zero-order valence-corrected chi connectivity index (χ0v) is 12.6. The Morgan fingerprint density at radius 1 is 1.29 bits per heavy atom. The van der Waals surface area contributed by atoms with Crippen LogP contribution in [0.4, 0.5) is 0 Å². The number of carbonyl (C=O) groups excluding carboxylic acids is 1. The minimum atomic E-state index is -0.101. The van der Waals surface area contributed by atoms with E-state index in [4.69, 9.17) is 0 Å². The number of aromatic nitrogens is 3. The van der Waals surface area contributed by atoms with Gasteiger partial charge in [-0.25, -0.2) is 0 Å². The quantitative estimate of drug-likeness (QED) is 0.940. The molecule has 0 bridgehead atoms. The van der Waals surface area contributed by atoms with Crippen molar-refractivity contribution < 1.29 is 4.79 Å². The summed E-state index contributed by atoms with van der Waals surface area (Å²) < 4.78 is 1.96. The van der Waals surface area contributed by atoms with Crippen molar-refractivity contribution in [1.29, 1.82) is 0 Å². The highest BCUT2D eigenvalue weighted by molar-refractivity contribution is 5.79. The maximum absolute atomic E-state index is 12.4. The van der Waals surface area contributed by atoms with E-state index in [1.54, 1.807) is 0 Å². The van der Waals surface area contributed by atoms with E-state index in [0.717, 1.165) is 37.2 Å². The standard InChI is InChI=1S/C16H22N4O/c1-11(2)14(17-16(21)12-7-3-4-8-12)15-19-18-13-9-5-6-10-20(13)15/h5-6,9-12,14H,3-4,7-8H2,1-2H3,(H,17,21)/t14-/m1/s1. The zero-order chi connectivity index (χ0) is 14.8. The predicted octanol–water partition coefficient (Wildman–Crippen LogP) is 2.73. The summed E-state index contributed by atoms with van der Waals surface area (Å²) in [4.78, 5) is 12.4. The highest BCUT2D eigenvalue weighted by atomic mass is 16.2. The van der Waals surface area contributed by atoms with Crippen LogP contribution in [0.5, 0.6) is 0 Å². The maximum atomic E-state index is 12.4. The summed E-state index contributed by atoms with van der Waals surface area (Å²) in [7, 11) is 0. The Labute approximate surface area is 124 Å². The van der Waals surface area contributed by atoms with Crippen molar-refractivity contribution in [3.63, 3.8) is 0 Å². The smallest absolute Gasteiger partial charge is 0.223 e. The van der Waals surface area contributed by atoms with Crippen molar-refractivity contribution in [3.05, 3.63) is 30.2 Å². The average Bonchev–Trinajstić information content (AvgIpc) is 3.14. The van der Waals surface area contributed by atoms with Crippen LogP contribution in [-0.2, 0) is 4.79 Å². The lowest BCUT2D eigenvalue weighted by atomic mass is 10.0. The molecule has 0 saturated heterocycles. The van der Waals surface area contributed by atoms with Crippen molar-refractivity contribution in [2.75, 3.05) is 0 Å². The van der Waals surface area contributed by atoms with Crippen molar-refractivity contribution >= 4 is 11.6 Å². The van der Waals surface area contributed by atoms with Crippen LogP contribution in [0, 0.1) is 11.8 Å². The number of nitrogens with one attached hydrogen (secondary N) is 1. The Bertz CT molecular complexity index is 628. The van der Waals surface area contributed by atoms with Gasteiger partial charge in [0.1, 0.15) is 0 Å². The first-order chi connectivity index (χ1) is 10.2. The van der Waals surface area contributed by atoms with Crippen molar-refractivity contribution in [1.82, 2.24) is 19.9 Å². The van der Waals surface area contributed by atoms with Crippen molar-refractivity contribution in [2.24, 2.45) is 11.8 Å². The van der Waals surface area contributed by atoms with Gasteiger partial charge in [-0.2, -0.15) is 0 Å². The molecule has 1 fully saturated rings. The summed E-state index contributed by atoms with van der Waals surface area (Å²) in [5.74, 6) is 1.42. The van der Waals surface area contributed by atoms with Crippen LogP contribution in [0.15, 0.2) is 24.4 Å². The fourth-order valence-electron chi connectivity index (χ4n) is 3.06. The molecule has 1 N–H and O–H groups in total. The number of pyridine rings is 1. The van der Waals surface area contributed by atoms with Gasteiger partial charge in [0.15, 0.2) is 11.5 Å². The Hall–Kier alpha value is -1.91. The summed E-state index contributed by atoms with van der Waals surface area (Å²) in [6, 6.07) is 5.72. The Balaban J connectivity index is 1.85. The topological polar surface area (TPSA) is 59.3 Å². The first kappa shape index (κ1) is 14.0. The normalized spacial score (nSPS) is 17.5. The molecule has 0 aliphatic heterocycles. The minimum Gasteiger partial charge on any atom is -0.346 e. The number of amides is 1. The number of hydrogen-bond donors (Lipinski definition) is 1. The van der Waals surface area contributed by atoms with E-state index in [1.165, 1.54) is 0 Å². The van der Waals surface area contributed by atoms with Gasteiger partial charge in [0.25, 0.3) is 0 Å². The molecule has 1 aliphatic rings. The van der Waals surface area contributed by atoms with E-state index in [-0.39, 0.29) is 23.8 Å². The molecule has 2 aromatic rings. The molecule has 2 heterocycles. The summed E-state index contributed by atoms with van der Waals surface area (Å²) in [6.07, 6.45) is 6.30. The predicted molar refractivity (Wildman–Crippen MR) is 80.7 cm³/mol. The summed E-state index contributed by atoms with van der Waals surface area (Å²) in [5, 5.41) is 11.7. The Morgan fingerprint density at radius 3 is 2.76 bits per heavy atom. The maximum Gasteiger partial charge on any atom is 0.223 e. The number of nitrogens with zero attached hydrogens (tertiary/aromatic N) is 3. The van der Waals surface area contributed by atoms with Gasteiger partial charge < -0.3 is 5.32 Å². The molecule has 5 nitrogen and oxygen atoms in total. The number of rotatable bonds is 4. The summed E-state index contributed by atoms with van der Waals surface area (Å²) in [5.41, 5.74) is 0.813. The van der Waals surface area contributed by atoms with Crippen LogP contribution in [-0.4, -0.2) is 20.5 Å². The highest BCUT2D eigenvalue weighted by Gasteiger charge is 2.28. The van der Waals surface area contributed by atoms with E-state index in [9.17, 15) is 4.79 Å². The lowest BCUT2D eigenvalue weighted by Crippen LogP contribution is -2.36. The largest absolute Gasteiger partial charge is 0.346 e. The van der Waals surface area contributed by atoms with Crippen LogP contribution in [0.1, 0.15) is 51.4 Å². The minimum absolute atomic E-state index is 0.101. The second-order valence-electron chi connectivity index (χ2n) is 6.20. The lowest BCUT2D eigenvalue weighted by molar-refractivity contribution is -0.126. The second-order valence-corrected chi connectivity index (χ2v) is 6.20. The SMILES string of the molecule is CC(C)[C@@H](NC(=O)C1CCCC1)c1nnc2ccccn12. The van der Waals surface area contributed by atoms with Gasteiger partial charge in [0.2, 0.25) is 5.91 Å². The third-order valence-corrected chi connectivity index (χ3v) is 4.31. The van der Waals surface area contributed by atoms with Gasteiger partial charge in [-0.3, -0.25) is 9.20 Å². The van der Waals surface area contributed by atoms with Crippen LogP contribution >= 0.6 is 0 Å². The molecule has 1 amide bonds. The fraction of sp³-hybridized carbons (Fsp3) is 0.562. The van der Waals surface area contributed by atoms with Gasteiger partial charge in [0.05, 0.1) is 6.04 Å². The average molecular weight is 286 g/mol. The third-order valence-electron chi connectivity index (χ3n) is 4.31. The summed E-state index contributed by atoms with van der Waals surface area (Å²) in [6.45, 7) is 4.20. The monoisotopic (exact) mass is 286 g/mol. The van der Waals surface area contributed by atoms with Crippen molar-refractivity contribution in [3.8, 4) is 0 Å². The van der Waals surface area contributed by atoms with Gasteiger partial charge in [-0.1, -0.05) is 32.8 Å². The Kier molecular flexibility index (Phi) is 3.90. The highest BCUT2D eigenvalue weighted by Crippen LogP contribution is 2.27. The Morgan fingerprint density at radius 2 is 2.05 bits per heavy atom. The van der Waals surface area contributed by atoms with Gasteiger partial charge >= 0.3 is 0 Å². The van der Waals surface area contributed by atoms with Crippen LogP contribution in [0.3, 0.4) is 0 Å². The first-order valence-corrected chi connectivity index (χ1v) is 7.77. The lowest BCUT2D eigenvalue weighted by Gasteiger charge is -2.22. The van der Waals surface area contributed by atoms with E-state index in [0.29, 0.717) is 0 Å². The molecular formula is C16H22N4O. The third kappa shape index (κ3) is 2.77. The number of hydrogen-bond acceptors (Lipinski definition) is 3. The number of fused-ring (bicyclic) bond motifs is 1. The molecule has 3 rings (SSSR count). The molecule has 1 saturated carbocycles. The molecule has 1 aliphatic carbocycles. The second kappa shape index (κ2) is 5.84. The van der Waals surface area contributed by atoms with E-state index in [2.05, 4.69) is 29.4 Å². The molecule has 5 heteroatoms. The van der Waals surface area contributed by atoms with Crippen LogP contribution in [0.25, 0.3) is 5.65 Å². The van der Waals surface area contributed by atoms with Gasteiger partial charge in [-0.05, 0) is 30.9 Å². The molecule has 21 heavy (non-hydrogen) atoms. The molecule has 0 spiro atoms. The fourth-order valence-corrected chi connectivity index (χ4v) is 3.06.